The molecule has 1 aromatic heterocycles. The van der Waals surface area contributed by atoms with Crippen LogP contribution in [0.5, 0.6) is 0 Å². The molecule has 0 saturated carbocycles. The maximum Gasteiger partial charge on any atom is 0.399 e. The maximum atomic E-state index is 10.4. The zero-order valence-corrected chi connectivity index (χ0v) is 10.2. The van der Waals surface area contributed by atoms with Crippen molar-refractivity contribution < 1.29 is 16.8 Å². The molecule has 1 heterocycles. The molecule has 0 aromatic carbocycles. The first-order valence-corrected chi connectivity index (χ1v) is 6.02. The summed E-state index contributed by atoms with van der Waals surface area (Å²) in [5.74, 6) is 0. The molecular weight excluding hydrogens is 232 g/mol. The van der Waals surface area contributed by atoms with Crippen LogP contribution in [-0.4, -0.2) is 31.2 Å². The number of imidazole rings is 1. The second kappa shape index (κ2) is 8.03. The van der Waals surface area contributed by atoms with E-state index in [1.165, 1.54) is 0 Å². The van der Waals surface area contributed by atoms with Crippen LogP contribution in [0.2, 0.25) is 0 Å². The number of nitrogens with zero attached hydrogens (tertiary/aromatic N) is 2. The van der Waals surface area contributed by atoms with Crippen molar-refractivity contribution >= 4 is 16.6 Å². The molecule has 0 aliphatic heterocycles. The standard InChI is InChI=1S/C5H6N2.C4H10O4S/c1-2-7-4-3-6-5-7;1-3-7-9(5,6)8-4-2/h2-5H,1H2;3-4H2,1-2H3. The van der Waals surface area contributed by atoms with Gasteiger partial charge in [0.25, 0.3) is 0 Å². The fraction of sp³-hybridized carbons (Fsp3) is 0.444. The number of hydrogen-bond acceptors (Lipinski definition) is 5. The molecule has 16 heavy (non-hydrogen) atoms. The molecule has 7 heteroatoms. The Morgan fingerprint density at radius 2 is 1.94 bits per heavy atom. The van der Waals surface area contributed by atoms with E-state index in [9.17, 15) is 8.42 Å². The molecule has 1 rings (SSSR count). The second-order valence-corrected chi connectivity index (χ2v) is 3.70. The highest BCUT2D eigenvalue weighted by molar-refractivity contribution is 7.81. The lowest BCUT2D eigenvalue weighted by molar-refractivity contribution is 0.231. The van der Waals surface area contributed by atoms with Crippen molar-refractivity contribution in [1.82, 2.24) is 9.55 Å². The SMILES string of the molecule is C=Cn1ccnc1.CCOS(=O)(=O)OCC. The van der Waals surface area contributed by atoms with Gasteiger partial charge in [-0.2, -0.15) is 8.42 Å². The lowest BCUT2D eigenvalue weighted by Gasteiger charge is -1.99. The third kappa shape index (κ3) is 7.16. The zero-order valence-electron chi connectivity index (χ0n) is 9.37. The summed E-state index contributed by atoms with van der Waals surface area (Å²) < 4.78 is 31.0. The average molecular weight is 248 g/mol. The van der Waals surface area contributed by atoms with Crippen LogP contribution in [0.4, 0.5) is 0 Å². The van der Waals surface area contributed by atoms with E-state index in [1.54, 1.807) is 37.1 Å². The molecule has 0 unspecified atom stereocenters. The van der Waals surface area contributed by atoms with E-state index in [0.29, 0.717) is 0 Å². The van der Waals surface area contributed by atoms with E-state index in [1.807, 2.05) is 6.20 Å². The smallest absolute Gasteiger partial charge is 0.314 e. The van der Waals surface area contributed by atoms with E-state index in [2.05, 4.69) is 19.9 Å². The van der Waals surface area contributed by atoms with Crippen LogP contribution in [0.15, 0.2) is 25.3 Å². The predicted molar refractivity (Wildman–Crippen MR) is 60.8 cm³/mol. The van der Waals surface area contributed by atoms with Gasteiger partial charge in [-0.25, -0.2) is 13.4 Å². The van der Waals surface area contributed by atoms with Crippen LogP contribution < -0.4 is 0 Å². The second-order valence-electron chi connectivity index (χ2n) is 2.41. The highest BCUT2D eigenvalue weighted by Crippen LogP contribution is 1.93. The van der Waals surface area contributed by atoms with Crippen molar-refractivity contribution in [3.05, 3.63) is 25.3 Å². The molecular formula is C9H16N2O4S. The Morgan fingerprint density at radius 3 is 2.19 bits per heavy atom. The third-order valence-corrected chi connectivity index (χ3v) is 2.31. The molecule has 92 valence electrons. The molecule has 0 fully saturated rings. The normalized spacial score (nSPS) is 10.4. The van der Waals surface area contributed by atoms with Gasteiger partial charge in [0.2, 0.25) is 0 Å². The van der Waals surface area contributed by atoms with Gasteiger partial charge in [0, 0.05) is 18.6 Å². The van der Waals surface area contributed by atoms with Crippen LogP contribution >= 0.6 is 0 Å². The van der Waals surface area contributed by atoms with E-state index in [0.717, 1.165) is 0 Å². The Bertz CT molecular complexity index is 360. The first-order chi connectivity index (χ1) is 7.55. The first-order valence-electron chi connectivity index (χ1n) is 4.69. The minimum absolute atomic E-state index is 0.113. The van der Waals surface area contributed by atoms with Gasteiger partial charge in [-0.3, -0.25) is 0 Å². The van der Waals surface area contributed by atoms with Gasteiger partial charge in [0.05, 0.1) is 19.5 Å². The molecule has 6 nitrogen and oxygen atoms in total. The van der Waals surface area contributed by atoms with Crippen LogP contribution in [-0.2, 0) is 18.8 Å². The van der Waals surface area contributed by atoms with Crippen LogP contribution in [0.25, 0.3) is 6.20 Å². The molecule has 0 radical (unpaired) electrons. The maximum absolute atomic E-state index is 10.4. The average Bonchev–Trinajstić information content (AvgIpc) is 2.70. The summed E-state index contributed by atoms with van der Waals surface area (Å²) >= 11 is 0. The Hall–Kier alpha value is -1.18. The van der Waals surface area contributed by atoms with Crippen LogP contribution in [0, 0.1) is 0 Å². The summed E-state index contributed by atoms with van der Waals surface area (Å²) in [4.78, 5) is 3.78. The minimum atomic E-state index is -3.68. The summed E-state index contributed by atoms with van der Waals surface area (Å²) in [7, 11) is -3.68. The molecule has 0 aliphatic carbocycles. The van der Waals surface area contributed by atoms with E-state index in [4.69, 9.17) is 0 Å². The molecule has 0 amide bonds. The van der Waals surface area contributed by atoms with Crippen molar-refractivity contribution in [3.8, 4) is 0 Å². The molecule has 0 saturated heterocycles. The summed E-state index contributed by atoms with van der Waals surface area (Å²) in [6.07, 6.45) is 6.91. The van der Waals surface area contributed by atoms with Crippen molar-refractivity contribution in [2.45, 2.75) is 13.8 Å². The van der Waals surface area contributed by atoms with E-state index in [-0.39, 0.29) is 13.2 Å². The van der Waals surface area contributed by atoms with Crippen LogP contribution in [0.3, 0.4) is 0 Å². The quantitative estimate of drug-likeness (QED) is 0.785. The predicted octanol–water partition coefficient (Wildman–Crippen LogP) is 1.29. The molecule has 0 spiro atoms. The van der Waals surface area contributed by atoms with Crippen molar-refractivity contribution in [2.75, 3.05) is 13.2 Å². The Morgan fingerprint density at radius 1 is 1.38 bits per heavy atom. The summed E-state index contributed by atoms with van der Waals surface area (Å²) in [6, 6.07) is 0. The van der Waals surface area contributed by atoms with E-state index >= 15 is 0 Å². The molecule has 0 N–H and O–H groups in total. The summed E-state index contributed by atoms with van der Waals surface area (Å²) in [5.41, 5.74) is 0. The fourth-order valence-corrected chi connectivity index (χ4v) is 1.35. The van der Waals surface area contributed by atoms with Gasteiger partial charge >= 0.3 is 10.4 Å². The van der Waals surface area contributed by atoms with Crippen molar-refractivity contribution in [2.24, 2.45) is 0 Å². The zero-order chi connectivity index (χ0) is 12.4. The molecule has 1 aromatic rings. The number of rotatable bonds is 5. The Labute approximate surface area is 95.8 Å². The lowest BCUT2D eigenvalue weighted by Crippen LogP contribution is -2.09. The minimum Gasteiger partial charge on any atom is -0.314 e. The van der Waals surface area contributed by atoms with Crippen molar-refractivity contribution in [1.29, 1.82) is 0 Å². The molecule has 0 bridgehead atoms. The molecule has 0 aliphatic rings. The Kier molecular flexibility index (Phi) is 7.44. The topological polar surface area (TPSA) is 70.4 Å². The lowest BCUT2D eigenvalue weighted by atomic mass is 10.9. The first kappa shape index (κ1) is 14.8. The highest BCUT2D eigenvalue weighted by Gasteiger charge is 2.06. The Balaban J connectivity index is 0.000000288. The molecule has 0 atom stereocenters. The number of hydrogen-bond donors (Lipinski definition) is 0. The summed E-state index contributed by atoms with van der Waals surface area (Å²) in [5, 5.41) is 0. The number of aromatic nitrogens is 2. The van der Waals surface area contributed by atoms with Crippen molar-refractivity contribution in [3.63, 3.8) is 0 Å². The van der Waals surface area contributed by atoms with Gasteiger partial charge < -0.3 is 4.57 Å². The van der Waals surface area contributed by atoms with Gasteiger partial charge in [-0.05, 0) is 13.8 Å². The van der Waals surface area contributed by atoms with Gasteiger partial charge in [0.1, 0.15) is 0 Å². The highest BCUT2D eigenvalue weighted by atomic mass is 32.3. The van der Waals surface area contributed by atoms with Gasteiger partial charge in [-0.15, -0.1) is 0 Å². The third-order valence-electron chi connectivity index (χ3n) is 1.26. The largest absolute Gasteiger partial charge is 0.399 e. The summed E-state index contributed by atoms with van der Waals surface area (Å²) in [6.45, 7) is 6.91. The monoisotopic (exact) mass is 248 g/mol. The van der Waals surface area contributed by atoms with E-state index < -0.39 is 10.4 Å². The van der Waals surface area contributed by atoms with Crippen LogP contribution in [0.1, 0.15) is 13.8 Å². The fourth-order valence-electron chi connectivity index (χ4n) is 0.700. The van der Waals surface area contributed by atoms with Gasteiger partial charge in [0.15, 0.2) is 0 Å². The van der Waals surface area contributed by atoms with Gasteiger partial charge in [-0.1, -0.05) is 6.58 Å².